The number of aromatic nitrogens is 3. The average molecular weight is 486 g/mol. The number of carbonyl (C=O) groups excluding carboxylic acids is 1. The molecule has 0 atom stereocenters. The molecule has 1 amide bonds. The van der Waals surface area contributed by atoms with E-state index in [1.165, 1.54) is 19.2 Å². The van der Waals surface area contributed by atoms with Crippen LogP contribution in [0.3, 0.4) is 0 Å². The van der Waals surface area contributed by atoms with Crippen molar-refractivity contribution in [3.05, 3.63) is 65.9 Å². The van der Waals surface area contributed by atoms with Gasteiger partial charge in [-0.3, -0.25) is 4.79 Å². The van der Waals surface area contributed by atoms with Gasteiger partial charge < -0.3 is 14.6 Å². The number of amides is 1. The zero-order valence-corrected chi connectivity index (χ0v) is 18.3. The molecule has 3 heterocycles. The number of nitrogens with zero attached hydrogens (tertiary/aromatic N) is 3. The molecule has 4 aromatic rings. The summed E-state index contributed by atoms with van der Waals surface area (Å²) in [6.45, 7) is 0. The van der Waals surface area contributed by atoms with Crippen molar-refractivity contribution in [1.29, 1.82) is 0 Å². The molecule has 11 heteroatoms. The molecular weight excluding hydrogens is 468 g/mol. The summed E-state index contributed by atoms with van der Waals surface area (Å²) >= 11 is 0. The number of fused-ring (bicyclic) bond motifs is 1. The summed E-state index contributed by atoms with van der Waals surface area (Å²) in [6.07, 6.45) is -1.86. The van der Waals surface area contributed by atoms with Gasteiger partial charge in [0, 0.05) is 23.2 Å². The van der Waals surface area contributed by atoms with Gasteiger partial charge in [0.2, 0.25) is 5.91 Å². The molecule has 180 valence electrons. The van der Waals surface area contributed by atoms with Crippen LogP contribution in [0.5, 0.6) is 5.75 Å². The molecule has 1 saturated carbocycles. The van der Waals surface area contributed by atoms with E-state index in [0.717, 1.165) is 11.5 Å². The summed E-state index contributed by atoms with van der Waals surface area (Å²) in [5, 5.41) is 6.59. The van der Waals surface area contributed by atoms with Gasteiger partial charge in [0.15, 0.2) is 17.2 Å². The van der Waals surface area contributed by atoms with Crippen molar-refractivity contribution in [1.82, 2.24) is 15.1 Å². The number of nitrogens with one attached hydrogen (secondary N) is 1. The number of halogens is 4. The van der Waals surface area contributed by atoms with E-state index in [1.54, 1.807) is 30.6 Å². The first-order valence-corrected chi connectivity index (χ1v) is 10.6. The fourth-order valence-corrected chi connectivity index (χ4v) is 3.86. The minimum Gasteiger partial charge on any atom is -0.495 e. The Hall–Kier alpha value is -4.02. The van der Waals surface area contributed by atoms with E-state index in [2.05, 4.69) is 20.4 Å². The van der Waals surface area contributed by atoms with Crippen LogP contribution >= 0.6 is 0 Å². The van der Waals surface area contributed by atoms with E-state index in [0.29, 0.717) is 22.5 Å². The number of carbonyl (C=O) groups is 1. The Kier molecular flexibility index (Phi) is 5.42. The molecule has 3 aromatic heterocycles. The van der Waals surface area contributed by atoms with E-state index in [1.807, 2.05) is 0 Å². The molecule has 0 spiro atoms. The number of anilines is 1. The maximum absolute atomic E-state index is 14.8. The monoisotopic (exact) mass is 486 g/mol. The normalized spacial score (nSPS) is 14.7. The lowest BCUT2D eigenvalue weighted by atomic mass is 10.0. The standard InChI is InChI=1S/C24H18F4N4O3/c1-34-17-7-15-6-16(11-29-22(15)30-12-17)13-2-3-14(18(25)8-13)9-21(33)31-20-10-19(35-32-20)23(4-5-23)24(26,27)28/h2-3,6-8,10-12H,4-5,9H2,1H3,(H,31,32,33). The summed E-state index contributed by atoms with van der Waals surface area (Å²) in [4.78, 5) is 20.8. The van der Waals surface area contributed by atoms with Crippen molar-refractivity contribution >= 4 is 22.8 Å². The Morgan fingerprint density at radius 3 is 2.57 bits per heavy atom. The number of hydrogen-bond acceptors (Lipinski definition) is 6. The fourth-order valence-electron chi connectivity index (χ4n) is 3.86. The summed E-state index contributed by atoms with van der Waals surface area (Å²) < 4.78 is 64.4. The van der Waals surface area contributed by atoms with Gasteiger partial charge in [-0.15, -0.1) is 0 Å². The maximum atomic E-state index is 14.8. The van der Waals surface area contributed by atoms with Crippen LogP contribution in [0.2, 0.25) is 0 Å². The molecule has 7 nitrogen and oxygen atoms in total. The summed E-state index contributed by atoms with van der Waals surface area (Å²) in [7, 11) is 1.53. The van der Waals surface area contributed by atoms with E-state index in [-0.39, 0.29) is 36.4 Å². The van der Waals surface area contributed by atoms with Crippen LogP contribution < -0.4 is 10.1 Å². The van der Waals surface area contributed by atoms with Gasteiger partial charge in [-0.25, -0.2) is 14.4 Å². The number of rotatable bonds is 6. The van der Waals surface area contributed by atoms with Crippen LogP contribution in [0.25, 0.3) is 22.2 Å². The molecule has 1 fully saturated rings. The molecule has 5 rings (SSSR count). The number of benzene rings is 1. The van der Waals surface area contributed by atoms with Crippen molar-refractivity contribution in [2.75, 3.05) is 12.4 Å². The lowest BCUT2D eigenvalue weighted by Gasteiger charge is -2.14. The van der Waals surface area contributed by atoms with Gasteiger partial charge in [0.25, 0.3) is 0 Å². The third kappa shape index (κ3) is 4.29. The highest BCUT2D eigenvalue weighted by Gasteiger charge is 2.66. The predicted octanol–water partition coefficient (Wildman–Crippen LogP) is 5.21. The Bertz CT molecular complexity index is 1430. The summed E-state index contributed by atoms with van der Waals surface area (Å²) in [6, 6.07) is 9.03. The van der Waals surface area contributed by atoms with Crippen LogP contribution in [0.1, 0.15) is 24.2 Å². The average Bonchev–Trinajstić information content (AvgIpc) is 3.53. The maximum Gasteiger partial charge on any atom is 0.401 e. The lowest BCUT2D eigenvalue weighted by Crippen LogP contribution is -2.28. The molecule has 1 N–H and O–H groups in total. The molecular formula is C24H18F4N4O3. The second-order valence-electron chi connectivity index (χ2n) is 8.33. The molecule has 1 aliphatic rings. The Morgan fingerprint density at radius 1 is 1.11 bits per heavy atom. The highest BCUT2D eigenvalue weighted by Crippen LogP contribution is 2.59. The van der Waals surface area contributed by atoms with Crippen LogP contribution in [-0.2, 0) is 16.6 Å². The third-order valence-electron chi connectivity index (χ3n) is 6.02. The molecule has 1 aromatic carbocycles. The highest BCUT2D eigenvalue weighted by atomic mass is 19.4. The van der Waals surface area contributed by atoms with Gasteiger partial charge in [0.1, 0.15) is 17.0 Å². The summed E-state index contributed by atoms with van der Waals surface area (Å²) in [5.74, 6) is -1.18. The second-order valence-corrected chi connectivity index (χ2v) is 8.33. The minimum atomic E-state index is -4.46. The van der Waals surface area contributed by atoms with Crippen LogP contribution in [0.4, 0.5) is 23.4 Å². The molecule has 0 radical (unpaired) electrons. The number of pyridine rings is 2. The van der Waals surface area contributed by atoms with E-state index >= 15 is 0 Å². The second kappa shape index (κ2) is 8.33. The SMILES string of the molecule is COc1cnc2ncc(-c3ccc(CC(=O)Nc4cc(C5(C(F)(F)F)CC5)on4)c(F)c3)cc2c1. The molecule has 0 bridgehead atoms. The van der Waals surface area contributed by atoms with Crippen LogP contribution in [0.15, 0.2) is 53.3 Å². The van der Waals surface area contributed by atoms with Gasteiger partial charge in [-0.05, 0) is 42.2 Å². The van der Waals surface area contributed by atoms with E-state index < -0.39 is 23.3 Å². The smallest absolute Gasteiger partial charge is 0.401 e. The first-order chi connectivity index (χ1) is 16.7. The van der Waals surface area contributed by atoms with Crippen LogP contribution in [0, 0.1) is 5.82 Å². The molecule has 0 saturated heterocycles. The topological polar surface area (TPSA) is 90.1 Å². The fraction of sp³-hybridized carbons (Fsp3) is 0.250. The number of hydrogen-bond donors (Lipinski definition) is 1. The molecule has 0 aliphatic heterocycles. The molecule has 0 unspecified atom stereocenters. The van der Waals surface area contributed by atoms with Gasteiger partial charge >= 0.3 is 6.18 Å². The summed E-state index contributed by atoms with van der Waals surface area (Å²) in [5.41, 5.74) is -0.213. The minimum absolute atomic E-state index is 0.0899. The first kappa shape index (κ1) is 22.8. The highest BCUT2D eigenvalue weighted by molar-refractivity contribution is 5.91. The zero-order chi connectivity index (χ0) is 24.8. The van der Waals surface area contributed by atoms with E-state index in [4.69, 9.17) is 9.26 Å². The zero-order valence-electron chi connectivity index (χ0n) is 18.3. The van der Waals surface area contributed by atoms with Crippen molar-refractivity contribution in [2.24, 2.45) is 0 Å². The predicted molar refractivity (Wildman–Crippen MR) is 117 cm³/mol. The van der Waals surface area contributed by atoms with Crippen molar-refractivity contribution in [3.63, 3.8) is 0 Å². The Morgan fingerprint density at radius 2 is 1.89 bits per heavy atom. The third-order valence-corrected chi connectivity index (χ3v) is 6.02. The van der Waals surface area contributed by atoms with Crippen molar-refractivity contribution in [2.45, 2.75) is 30.9 Å². The van der Waals surface area contributed by atoms with Crippen molar-refractivity contribution in [3.8, 4) is 16.9 Å². The van der Waals surface area contributed by atoms with Gasteiger partial charge in [-0.2, -0.15) is 13.2 Å². The largest absolute Gasteiger partial charge is 0.495 e. The first-order valence-electron chi connectivity index (χ1n) is 10.6. The Balaban J connectivity index is 1.29. The molecule has 35 heavy (non-hydrogen) atoms. The number of methoxy groups -OCH3 is 1. The lowest BCUT2D eigenvalue weighted by molar-refractivity contribution is -0.165. The van der Waals surface area contributed by atoms with Gasteiger partial charge in [-0.1, -0.05) is 17.3 Å². The molecule has 1 aliphatic carbocycles. The van der Waals surface area contributed by atoms with Crippen molar-refractivity contribution < 1.29 is 31.6 Å². The quantitative estimate of drug-likeness (QED) is 0.377. The van der Waals surface area contributed by atoms with Gasteiger partial charge in [0.05, 0.1) is 19.7 Å². The number of ether oxygens (including phenoxy) is 1. The van der Waals surface area contributed by atoms with Crippen LogP contribution in [-0.4, -0.2) is 34.3 Å². The Labute approximate surface area is 196 Å². The van der Waals surface area contributed by atoms with E-state index in [9.17, 15) is 22.4 Å². The number of alkyl halides is 3.